The second-order valence-corrected chi connectivity index (χ2v) is 4.95. The lowest BCUT2D eigenvalue weighted by Gasteiger charge is -2.34. The van der Waals surface area contributed by atoms with Crippen LogP contribution < -0.4 is 5.84 Å². The van der Waals surface area contributed by atoms with Crippen LogP contribution in [0.25, 0.3) is 0 Å². The highest BCUT2D eigenvalue weighted by Gasteiger charge is 2.28. The molecular formula is C14H19N3O4. The fourth-order valence-electron chi connectivity index (χ4n) is 2.29. The molecule has 1 aliphatic heterocycles. The molecule has 0 aromatic heterocycles. The number of rotatable bonds is 3. The molecule has 1 aliphatic rings. The van der Waals surface area contributed by atoms with Crippen LogP contribution in [0.3, 0.4) is 0 Å². The molecule has 3 N–H and O–H groups in total. The molecule has 21 heavy (non-hydrogen) atoms. The highest BCUT2D eigenvalue weighted by Crippen LogP contribution is 2.15. The van der Waals surface area contributed by atoms with Gasteiger partial charge in [0.15, 0.2) is 0 Å². The molecule has 1 aromatic carbocycles. The Morgan fingerprint density at radius 1 is 1.29 bits per heavy atom. The minimum Gasteiger partial charge on any atom is -0.464 e. The first kappa shape index (κ1) is 15.1. The van der Waals surface area contributed by atoms with Crippen molar-refractivity contribution in [1.29, 1.82) is 0 Å². The number of benzene rings is 1. The maximum Gasteiger partial charge on any atom is 0.421 e. The highest BCUT2D eigenvalue weighted by molar-refractivity contribution is 5.68. The van der Waals surface area contributed by atoms with Gasteiger partial charge in [-0.25, -0.2) is 20.4 Å². The van der Waals surface area contributed by atoms with Crippen molar-refractivity contribution in [3.8, 4) is 0 Å². The van der Waals surface area contributed by atoms with Gasteiger partial charge in [0.25, 0.3) is 0 Å². The zero-order valence-corrected chi connectivity index (χ0v) is 11.6. The van der Waals surface area contributed by atoms with E-state index < -0.39 is 6.09 Å². The minimum atomic E-state index is -1.15. The summed E-state index contributed by atoms with van der Waals surface area (Å²) in [4.78, 5) is 24.3. The number of amides is 2. The van der Waals surface area contributed by atoms with Gasteiger partial charge in [0.05, 0.1) is 6.04 Å². The number of carbonyl (C=O) groups excluding carboxylic acids is 1. The zero-order chi connectivity index (χ0) is 15.2. The Morgan fingerprint density at radius 2 is 1.90 bits per heavy atom. The van der Waals surface area contributed by atoms with Crippen LogP contribution in [0.1, 0.15) is 18.4 Å². The first-order valence-electron chi connectivity index (χ1n) is 6.80. The number of carboxylic acid groups (broad SMARTS) is 1. The molecule has 0 atom stereocenters. The van der Waals surface area contributed by atoms with Crippen LogP contribution in [0.15, 0.2) is 30.3 Å². The Kier molecular flexibility index (Phi) is 4.99. The van der Waals surface area contributed by atoms with Crippen molar-refractivity contribution in [3.05, 3.63) is 35.9 Å². The second kappa shape index (κ2) is 6.94. The lowest BCUT2D eigenvalue weighted by molar-refractivity contribution is 0.0662. The van der Waals surface area contributed by atoms with Gasteiger partial charge < -0.3 is 14.7 Å². The largest absolute Gasteiger partial charge is 0.464 e. The number of likely N-dealkylation sites (tertiary alicyclic amines) is 1. The monoisotopic (exact) mass is 293 g/mol. The van der Waals surface area contributed by atoms with Crippen LogP contribution in [0.5, 0.6) is 0 Å². The number of nitrogens with zero attached hydrogens (tertiary/aromatic N) is 2. The molecule has 0 unspecified atom stereocenters. The van der Waals surface area contributed by atoms with Gasteiger partial charge in [-0.3, -0.25) is 0 Å². The van der Waals surface area contributed by atoms with E-state index in [4.69, 9.17) is 15.7 Å². The predicted octanol–water partition coefficient (Wildman–Crippen LogP) is 1.64. The molecule has 2 amide bonds. The maximum absolute atomic E-state index is 11.9. The van der Waals surface area contributed by atoms with Crippen molar-refractivity contribution < 1.29 is 19.4 Å². The summed E-state index contributed by atoms with van der Waals surface area (Å²) in [5.41, 5.74) is 0.930. The third-order valence-electron chi connectivity index (χ3n) is 3.54. The molecular weight excluding hydrogens is 274 g/mol. The summed E-state index contributed by atoms with van der Waals surface area (Å²) < 4.78 is 5.24. The van der Waals surface area contributed by atoms with Crippen LogP contribution in [0.2, 0.25) is 0 Å². The van der Waals surface area contributed by atoms with E-state index >= 15 is 0 Å². The molecule has 0 bridgehead atoms. The number of piperidine rings is 1. The van der Waals surface area contributed by atoms with Gasteiger partial charge in [-0.1, -0.05) is 30.3 Å². The Bertz CT molecular complexity index is 486. The summed E-state index contributed by atoms with van der Waals surface area (Å²) in [5.74, 6) is 5.45. The first-order chi connectivity index (χ1) is 10.1. The summed E-state index contributed by atoms with van der Waals surface area (Å²) in [6.45, 7) is 1.12. The summed E-state index contributed by atoms with van der Waals surface area (Å²) >= 11 is 0. The fraction of sp³-hybridized carbons (Fsp3) is 0.429. The number of hydrogen-bond donors (Lipinski definition) is 2. The molecule has 1 fully saturated rings. The van der Waals surface area contributed by atoms with Gasteiger partial charge in [0.2, 0.25) is 0 Å². The molecule has 1 heterocycles. The van der Waals surface area contributed by atoms with Gasteiger partial charge in [-0.15, -0.1) is 0 Å². The summed E-state index contributed by atoms with van der Waals surface area (Å²) in [6, 6.07) is 9.20. The topological polar surface area (TPSA) is 96.1 Å². The third kappa shape index (κ3) is 4.09. The van der Waals surface area contributed by atoms with Gasteiger partial charge in [-0.05, 0) is 18.4 Å². The van der Waals surface area contributed by atoms with Crippen LogP contribution in [0, 0.1) is 0 Å². The Balaban J connectivity index is 1.77. The van der Waals surface area contributed by atoms with Crippen LogP contribution in [-0.4, -0.2) is 46.3 Å². The Morgan fingerprint density at radius 3 is 2.48 bits per heavy atom. The van der Waals surface area contributed by atoms with Crippen molar-refractivity contribution in [2.24, 2.45) is 5.84 Å². The number of hydrazine groups is 1. The van der Waals surface area contributed by atoms with E-state index in [1.54, 1.807) is 4.90 Å². The lowest BCUT2D eigenvalue weighted by atomic mass is 10.1. The SMILES string of the molecule is NN(C(=O)O)C1CCN(C(=O)OCc2ccccc2)CC1. The highest BCUT2D eigenvalue weighted by atomic mass is 16.6. The third-order valence-corrected chi connectivity index (χ3v) is 3.54. The van der Waals surface area contributed by atoms with Crippen molar-refractivity contribution in [1.82, 2.24) is 9.91 Å². The van der Waals surface area contributed by atoms with E-state index in [0.717, 1.165) is 10.6 Å². The van der Waals surface area contributed by atoms with E-state index in [1.807, 2.05) is 30.3 Å². The van der Waals surface area contributed by atoms with Gasteiger partial charge in [0, 0.05) is 13.1 Å². The van der Waals surface area contributed by atoms with E-state index in [2.05, 4.69) is 0 Å². The summed E-state index contributed by atoms with van der Waals surface area (Å²) in [6.07, 6.45) is -0.497. The van der Waals surface area contributed by atoms with Gasteiger partial charge in [-0.2, -0.15) is 0 Å². The normalized spacial score (nSPS) is 15.6. The predicted molar refractivity (Wildman–Crippen MR) is 75.3 cm³/mol. The van der Waals surface area contributed by atoms with E-state index in [0.29, 0.717) is 25.9 Å². The zero-order valence-electron chi connectivity index (χ0n) is 11.6. The summed E-state index contributed by atoms with van der Waals surface area (Å²) in [7, 11) is 0. The smallest absolute Gasteiger partial charge is 0.421 e. The van der Waals surface area contributed by atoms with Crippen LogP contribution in [-0.2, 0) is 11.3 Å². The standard InChI is InChI=1S/C14H19N3O4/c15-17(13(18)19)12-6-8-16(9-7-12)14(20)21-10-11-4-2-1-3-5-11/h1-5,12H,6-10,15H2,(H,18,19). The van der Waals surface area contributed by atoms with E-state index in [9.17, 15) is 9.59 Å². The molecule has 7 heteroatoms. The number of nitrogens with two attached hydrogens (primary N) is 1. The van der Waals surface area contributed by atoms with Crippen LogP contribution >= 0.6 is 0 Å². The minimum absolute atomic E-state index is 0.234. The van der Waals surface area contributed by atoms with Crippen molar-refractivity contribution in [2.75, 3.05) is 13.1 Å². The molecule has 0 aliphatic carbocycles. The quantitative estimate of drug-likeness (QED) is 0.502. The number of ether oxygens (including phenoxy) is 1. The maximum atomic E-state index is 11.9. The summed E-state index contributed by atoms with van der Waals surface area (Å²) in [5, 5.41) is 9.63. The molecule has 1 aromatic rings. The fourth-order valence-corrected chi connectivity index (χ4v) is 2.29. The first-order valence-corrected chi connectivity index (χ1v) is 6.80. The van der Waals surface area contributed by atoms with Crippen molar-refractivity contribution in [3.63, 3.8) is 0 Å². The molecule has 1 saturated heterocycles. The lowest BCUT2D eigenvalue weighted by Crippen LogP contribution is -2.51. The van der Waals surface area contributed by atoms with Gasteiger partial charge >= 0.3 is 12.2 Å². The van der Waals surface area contributed by atoms with E-state index in [1.165, 1.54) is 0 Å². The second-order valence-electron chi connectivity index (χ2n) is 4.95. The number of hydrogen-bond acceptors (Lipinski definition) is 4. The Labute approximate surface area is 122 Å². The number of carbonyl (C=O) groups is 2. The average molecular weight is 293 g/mol. The van der Waals surface area contributed by atoms with Gasteiger partial charge in [0.1, 0.15) is 6.61 Å². The van der Waals surface area contributed by atoms with E-state index in [-0.39, 0.29) is 18.7 Å². The molecule has 114 valence electrons. The van der Waals surface area contributed by atoms with Crippen molar-refractivity contribution >= 4 is 12.2 Å². The van der Waals surface area contributed by atoms with Crippen molar-refractivity contribution in [2.45, 2.75) is 25.5 Å². The molecule has 0 saturated carbocycles. The molecule has 0 spiro atoms. The molecule has 0 radical (unpaired) electrons. The average Bonchev–Trinajstić information content (AvgIpc) is 2.53. The molecule has 2 rings (SSSR count). The Hall–Kier alpha value is -2.28. The van der Waals surface area contributed by atoms with Crippen LogP contribution in [0.4, 0.5) is 9.59 Å². The molecule has 7 nitrogen and oxygen atoms in total.